The first-order valence-electron chi connectivity index (χ1n) is 8.27. The second-order valence-corrected chi connectivity index (χ2v) is 5.27. The molecule has 0 aliphatic heterocycles. The number of ketones is 1. The predicted molar refractivity (Wildman–Crippen MR) is 96.3 cm³/mol. The maximum atomic E-state index is 11.6. The smallest absolute Gasteiger partial charge is 0.220 e. The number of aromatic nitrogens is 1. The SMILES string of the molecule is C=c1ccc(=C)n1C(CN)CCCC(=O)NCCC(C)=O.CC. The number of nitrogens with two attached hydrogens (primary N) is 1. The van der Waals surface area contributed by atoms with Gasteiger partial charge in [-0.1, -0.05) is 27.0 Å². The standard InChI is InChI=1S/C16H25N3O2.C2H6/c1-12-7-8-13(2)19(12)15(11-17)5-4-6-16(21)18-10-9-14(3)20;1-2/h7-8,15H,1-2,4-6,9-11,17H2,3H3,(H,18,21);1-2H3. The summed E-state index contributed by atoms with van der Waals surface area (Å²) >= 11 is 0. The zero-order chi connectivity index (χ0) is 17.8. The van der Waals surface area contributed by atoms with E-state index in [1.165, 1.54) is 6.92 Å². The Kier molecular flexibility index (Phi) is 10.7. The number of hydrogen-bond acceptors (Lipinski definition) is 3. The Morgan fingerprint density at radius 1 is 1.22 bits per heavy atom. The van der Waals surface area contributed by atoms with Gasteiger partial charge in [-0.05, 0) is 31.9 Å². The van der Waals surface area contributed by atoms with Crippen molar-refractivity contribution in [1.29, 1.82) is 0 Å². The highest BCUT2D eigenvalue weighted by Gasteiger charge is 2.11. The first-order valence-corrected chi connectivity index (χ1v) is 8.27. The zero-order valence-electron chi connectivity index (χ0n) is 14.7. The number of rotatable bonds is 9. The number of nitrogens with one attached hydrogen (secondary N) is 1. The fourth-order valence-electron chi connectivity index (χ4n) is 2.32. The maximum absolute atomic E-state index is 11.6. The van der Waals surface area contributed by atoms with Crippen molar-refractivity contribution in [3.63, 3.8) is 0 Å². The molecule has 0 aromatic carbocycles. The highest BCUT2D eigenvalue weighted by molar-refractivity contribution is 5.78. The Bertz CT molecular complexity index is 550. The van der Waals surface area contributed by atoms with Crippen LogP contribution in [-0.2, 0) is 9.59 Å². The summed E-state index contributed by atoms with van der Waals surface area (Å²) in [5, 5.41) is 4.52. The van der Waals surface area contributed by atoms with Crippen LogP contribution < -0.4 is 21.7 Å². The van der Waals surface area contributed by atoms with Crippen LogP contribution in [0, 0.1) is 0 Å². The van der Waals surface area contributed by atoms with Crippen molar-refractivity contribution >= 4 is 24.8 Å². The van der Waals surface area contributed by atoms with Crippen LogP contribution in [0.5, 0.6) is 0 Å². The van der Waals surface area contributed by atoms with Crippen LogP contribution in [0.3, 0.4) is 0 Å². The van der Waals surface area contributed by atoms with Gasteiger partial charge in [0.2, 0.25) is 5.91 Å². The van der Waals surface area contributed by atoms with Gasteiger partial charge in [0, 0.05) is 42.7 Å². The van der Waals surface area contributed by atoms with Crippen molar-refractivity contribution in [3.8, 4) is 0 Å². The molecule has 0 saturated carbocycles. The summed E-state index contributed by atoms with van der Waals surface area (Å²) in [6.07, 6.45) is 2.37. The molecule has 1 amide bonds. The van der Waals surface area contributed by atoms with Crippen LogP contribution in [0.4, 0.5) is 0 Å². The lowest BCUT2D eigenvalue weighted by Gasteiger charge is -2.18. The molecule has 5 nitrogen and oxygen atoms in total. The molecular weight excluding hydrogens is 290 g/mol. The third-order valence-corrected chi connectivity index (χ3v) is 3.46. The van der Waals surface area contributed by atoms with Gasteiger partial charge < -0.3 is 15.6 Å². The lowest BCUT2D eigenvalue weighted by molar-refractivity contribution is -0.121. The average molecular weight is 321 g/mol. The highest BCUT2D eigenvalue weighted by Crippen LogP contribution is 2.10. The van der Waals surface area contributed by atoms with Crippen molar-refractivity contribution in [2.24, 2.45) is 5.73 Å². The number of carbonyl (C=O) groups excluding carboxylic acids is 2. The Hall–Kier alpha value is -1.88. The summed E-state index contributed by atoms with van der Waals surface area (Å²) in [7, 11) is 0. The largest absolute Gasteiger partial charge is 0.356 e. The molecule has 3 N–H and O–H groups in total. The molecule has 1 rings (SSSR count). The van der Waals surface area contributed by atoms with E-state index >= 15 is 0 Å². The van der Waals surface area contributed by atoms with Crippen molar-refractivity contribution in [2.75, 3.05) is 13.1 Å². The lowest BCUT2D eigenvalue weighted by Crippen LogP contribution is -2.34. The Morgan fingerprint density at radius 2 is 1.78 bits per heavy atom. The van der Waals surface area contributed by atoms with Crippen LogP contribution in [0.1, 0.15) is 52.5 Å². The van der Waals surface area contributed by atoms with Crippen LogP contribution in [-0.4, -0.2) is 29.3 Å². The molecule has 1 aromatic heterocycles. The maximum Gasteiger partial charge on any atom is 0.220 e. The van der Waals surface area contributed by atoms with Crippen molar-refractivity contribution < 1.29 is 9.59 Å². The predicted octanol–water partition coefficient (Wildman–Crippen LogP) is 1.10. The molecule has 23 heavy (non-hydrogen) atoms. The lowest BCUT2D eigenvalue weighted by atomic mass is 10.1. The summed E-state index contributed by atoms with van der Waals surface area (Å²) < 4.78 is 2.02. The van der Waals surface area contributed by atoms with Gasteiger partial charge in [0.15, 0.2) is 0 Å². The Labute approximate surface area is 139 Å². The third kappa shape index (κ3) is 7.79. The van der Waals surface area contributed by atoms with E-state index in [4.69, 9.17) is 5.73 Å². The normalized spacial score (nSPS) is 11.3. The van der Waals surface area contributed by atoms with Crippen molar-refractivity contribution in [2.45, 2.75) is 52.5 Å². The number of nitrogens with zero attached hydrogens (tertiary/aromatic N) is 1. The highest BCUT2D eigenvalue weighted by atomic mass is 16.1. The van der Waals surface area contributed by atoms with Gasteiger partial charge in [0.1, 0.15) is 5.78 Å². The van der Waals surface area contributed by atoms with E-state index in [-0.39, 0.29) is 17.7 Å². The van der Waals surface area contributed by atoms with Crippen LogP contribution in [0.25, 0.3) is 13.2 Å². The summed E-state index contributed by atoms with van der Waals surface area (Å²) in [5.41, 5.74) is 5.82. The second kappa shape index (κ2) is 11.7. The van der Waals surface area contributed by atoms with Gasteiger partial charge >= 0.3 is 0 Å². The van der Waals surface area contributed by atoms with Crippen LogP contribution >= 0.6 is 0 Å². The average Bonchev–Trinajstić information content (AvgIpc) is 2.85. The molecule has 0 aliphatic carbocycles. The number of hydrogen-bond donors (Lipinski definition) is 2. The van der Waals surface area contributed by atoms with Gasteiger partial charge in [0.25, 0.3) is 0 Å². The van der Waals surface area contributed by atoms with Crippen molar-refractivity contribution in [3.05, 3.63) is 22.8 Å². The zero-order valence-corrected chi connectivity index (χ0v) is 14.7. The number of Topliss-reactive ketones (excluding diaryl/α,β-unsaturated/α-hetero) is 1. The minimum atomic E-state index is -0.0239. The summed E-state index contributed by atoms with van der Waals surface area (Å²) in [4.78, 5) is 22.4. The summed E-state index contributed by atoms with van der Waals surface area (Å²) in [5.74, 6) is 0.0567. The molecule has 0 spiro atoms. The van der Waals surface area contributed by atoms with Crippen molar-refractivity contribution in [1.82, 2.24) is 9.88 Å². The number of amides is 1. The molecule has 0 aliphatic rings. The van der Waals surface area contributed by atoms with E-state index in [0.717, 1.165) is 23.5 Å². The Morgan fingerprint density at radius 3 is 2.26 bits per heavy atom. The minimum absolute atomic E-state index is 0.0239. The van der Waals surface area contributed by atoms with Gasteiger partial charge in [-0.25, -0.2) is 0 Å². The van der Waals surface area contributed by atoms with Gasteiger partial charge in [-0.15, -0.1) is 0 Å². The van der Waals surface area contributed by atoms with Crippen LogP contribution in [0.15, 0.2) is 12.1 Å². The molecular formula is C18H31N3O2. The first kappa shape index (κ1) is 21.1. The van der Waals surface area contributed by atoms with E-state index < -0.39 is 0 Å². The van der Waals surface area contributed by atoms with Crippen LogP contribution in [0.2, 0.25) is 0 Å². The third-order valence-electron chi connectivity index (χ3n) is 3.46. The molecule has 5 heteroatoms. The molecule has 0 saturated heterocycles. The molecule has 1 aromatic rings. The minimum Gasteiger partial charge on any atom is -0.356 e. The van der Waals surface area contributed by atoms with E-state index in [1.54, 1.807) is 0 Å². The summed E-state index contributed by atoms with van der Waals surface area (Å²) in [6, 6.07) is 3.95. The molecule has 1 atom stereocenters. The van der Waals surface area contributed by atoms with Gasteiger partial charge in [-0.3, -0.25) is 9.59 Å². The number of carbonyl (C=O) groups is 2. The topological polar surface area (TPSA) is 77.1 Å². The fraction of sp³-hybridized carbons (Fsp3) is 0.556. The quantitative estimate of drug-likeness (QED) is 0.715. The molecule has 0 fully saturated rings. The van der Waals surface area contributed by atoms with E-state index in [1.807, 2.05) is 30.5 Å². The fourth-order valence-corrected chi connectivity index (χ4v) is 2.32. The Balaban J connectivity index is 0.00000232. The molecule has 0 bridgehead atoms. The van der Waals surface area contributed by atoms with E-state index in [9.17, 15) is 9.59 Å². The molecule has 1 unspecified atom stereocenters. The molecule has 130 valence electrons. The first-order chi connectivity index (χ1) is 11.0. The van der Waals surface area contributed by atoms with E-state index in [0.29, 0.717) is 25.9 Å². The second-order valence-electron chi connectivity index (χ2n) is 5.27. The molecule has 1 heterocycles. The monoisotopic (exact) mass is 321 g/mol. The van der Waals surface area contributed by atoms with Gasteiger partial charge in [-0.2, -0.15) is 0 Å². The summed E-state index contributed by atoms with van der Waals surface area (Å²) in [6.45, 7) is 14.4. The molecule has 0 radical (unpaired) electrons. The van der Waals surface area contributed by atoms with Gasteiger partial charge in [0.05, 0.1) is 0 Å². The van der Waals surface area contributed by atoms with E-state index in [2.05, 4.69) is 18.5 Å².